The largest absolute Gasteiger partial charge is 0.381 e. The summed E-state index contributed by atoms with van der Waals surface area (Å²) in [6, 6.07) is 3.06. The Balaban J connectivity index is 1.59. The zero-order valence-corrected chi connectivity index (χ0v) is 12.1. The molecule has 1 N–H and O–H groups in total. The molecule has 2 fully saturated rings. The first-order valence-electron chi connectivity index (χ1n) is 7.10. The third kappa shape index (κ3) is 4.79. The van der Waals surface area contributed by atoms with Crippen LogP contribution in [0.25, 0.3) is 0 Å². The summed E-state index contributed by atoms with van der Waals surface area (Å²) in [4.78, 5) is 0. The first kappa shape index (κ1) is 14.2. The Kier molecular flexibility index (Phi) is 5.35. The minimum Gasteiger partial charge on any atom is -0.381 e. The average Bonchev–Trinajstić information content (AvgIpc) is 3.20. The molecule has 1 saturated carbocycles. The van der Waals surface area contributed by atoms with Crippen LogP contribution < -0.4 is 5.32 Å². The molecule has 3 nitrogen and oxygen atoms in total. The Morgan fingerprint density at radius 2 is 2.06 bits per heavy atom. The normalized spacial score (nSPS) is 24.4. The zero-order chi connectivity index (χ0) is 12.8. The van der Waals surface area contributed by atoms with E-state index in [1.165, 1.54) is 31.4 Å². The highest BCUT2D eigenvalue weighted by Gasteiger charge is 2.31. The molecule has 0 aromatic rings. The van der Waals surface area contributed by atoms with Crippen LogP contribution in [-0.2, 0) is 4.74 Å². The van der Waals surface area contributed by atoms with Crippen molar-refractivity contribution in [3.05, 3.63) is 0 Å². The van der Waals surface area contributed by atoms with Crippen molar-refractivity contribution in [1.29, 1.82) is 5.26 Å². The van der Waals surface area contributed by atoms with Crippen LogP contribution >= 0.6 is 11.8 Å². The maximum absolute atomic E-state index is 9.27. The fraction of sp³-hybridized carbons (Fsp3) is 0.929. The van der Waals surface area contributed by atoms with E-state index in [1.807, 2.05) is 6.92 Å². The molecule has 0 bridgehead atoms. The quantitative estimate of drug-likeness (QED) is 0.721. The Morgan fingerprint density at radius 3 is 2.67 bits per heavy atom. The van der Waals surface area contributed by atoms with Gasteiger partial charge in [-0.15, -0.1) is 0 Å². The SMILES string of the molecule is CC(C#N)(CCCSC1CCOCC1)NC1CC1. The third-order valence-corrected chi connectivity index (χ3v) is 5.16. The van der Waals surface area contributed by atoms with E-state index in [-0.39, 0.29) is 5.54 Å². The molecule has 0 aromatic carbocycles. The number of hydrogen-bond donors (Lipinski definition) is 1. The Labute approximate surface area is 115 Å². The number of nitriles is 1. The molecule has 1 unspecified atom stereocenters. The predicted molar refractivity (Wildman–Crippen MR) is 75.7 cm³/mol. The number of hydrogen-bond acceptors (Lipinski definition) is 4. The van der Waals surface area contributed by atoms with Crippen LogP contribution in [0.5, 0.6) is 0 Å². The third-order valence-electron chi connectivity index (χ3n) is 3.69. The summed E-state index contributed by atoms with van der Waals surface area (Å²) in [6.07, 6.45) is 6.98. The van der Waals surface area contributed by atoms with Crippen LogP contribution in [0.1, 0.15) is 45.4 Å². The number of nitrogens with one attached hydrogen (secondary N) is 1. The number of rotatable bonds is 7. The lowest BCUT2D eigenvalue weighted by molar-refractivity contribution is 0.1000. The minimum atomic E-state index is -0.308. The molecule has 18 heavy (non-hydrogen) atoms. The summed E-state index contributed by atoms with van der Waals surface area (Å²) in [7, 11) is 0. The van der Waals surface area contributed by atoms with Crippen molar-refractivity contribution in [2.45, 2.75) is 62.3 Å². The summed E-state index contributed by atoms with van der Waals surface area (Å²) in [6.45, 7) is 3.90. The number of ether oxygens (including phenoxy) is 1. The summed E-state index contributed by atoms with van der Waals surface area (Å²) in [5.41, 5.74) is -0.308. The Hall–Kier alpha value is -0.240. The minimum absolute atomic E-state index is 0.308. The summed E-state index contributed by atoms with van der Waals surface area (Å²) in [5, 5.41) is 13.5. The van der Waals surface area contributed by atoms with Crippen molar-refractivity contribution in [1.82, 2.24) is 5.32 Å². The van der Waals surface area contributed by atoms with E-state index in [0.29, 0.717) is 6.04 Å². The molecule has 1 atom stereocenters. The van der Waals surface area contributed by atoms with Gasteiger partial charge in [-0.2, -0.15) is 17.0 Å². The van der Waals surface area contributed by atoms with Crippen molar-refractivity contribution >= 4 is 11.8 Å². The highest BCUT2D eigenvalue weighted by Crippen LogP contribution is 2.27. The molecular weight excluding hydrogens is 244 g/mol. The second-order valence-electron chi connectivity index (χ2n) is 5.65. The van der Waals surface area contributed by atoms with Gasteiger partial charge in [-0.1, -0.05) is 0 Å². The lowest BCUT2D eigenvalue weighted by Crippen LogP contribution is -2.42. The lowest BCUT2D eigenvalue weighted by atomic mass is 9.98. The van der Waals surface area contributed by atoms with Gasteiger partial charge >= 0.3 is 0 Å². The van der Waals surface area contributed by atoms with E-state index in [2.05, 4.69) is 23.1 Å². The van der Waals surface area contributed by atoms with Crippen LogP contribution in [0.15, 0.2) is 0 Å². The van der Waals surface area contributed by atoms with Gasteiger partial charge in [0.05, 0.1) is 6.07 Å². The van der Waals surface area contributed by atoms with Crippen molar-refractivity contribution < 1.29 is 4.74 Å². The van der Waals surface area contributed by atoms with Crippen LogP contribution in [0.4, 0.5) is 0 Å². The smallest absolute Gasteiger partial charge is 0.104 e. The van der Waals surface area contributed by atoms with Gasteiger partial charge in [-0.25, -0.2) is 0 Å². The van der Waals surface area contributed by atoms with Crippen molar-refractivity contribution in [2.75, 3.05) is 19.0 Å². The molecule has 1 heterocycles. The van der Waals surface area contributed by atoms with Gasteiger partial charge in [-0.3, -0.25) is 5.32 Å². The molecule has 0 spiro atoms. The summed E-state index contributed by atoms with van der Waals surface area (Å²) >= 11 is 2.07. The summed E-state index contributed by atoms with van der Waals surface area (Å²) < 4.78 is 5.36. The first-order chi connectivity index (χ1) is 8.72. The molecule has 2 aliphatic rings. The fourth-order valence-corrected chi connectivity index (χ4v) is 3.53. The maximum atomic E-state index is 9.27. The van der Waals surface area contributed by atoms with E-state index in [0.717, 1.165) is 31.3 Å². The highest BCUT2D eigenvalue weighted by molar-refractivity contribution is 7.99. The molecule has 0 radical (unpaired) electrons. The van der Waals surface area contributed by atoms with Crippen LogP contribution in [0, 0.1) is 11.3 Å². The maximum Gasteiger partial charge on any atom is 0.104 e. The van der Waals surface area contributed by atoms with Crippen LogP contribution in [0.3, 0.4) is 0 Å². The van der Waals surface area contributed by atoms with Crippen molar-refractivity contribution in [2.24, 2.45) is 0 Å². The van der Waals surface area contributed by atoms with E-state index < -0.39 is 0 Å². The molecule has 0 aromatic heterocycles. The van der Waals surface area contributed by atoms with Crippen LogP contribution in [-0.4, -0.2) is 35.8 Å². The first-order valence-corrected chi connectivity index (χ1v) is 8.15. The predicted octanol–water partition coefficient (Wildman–Crippen LogP) is 2.71. The van der Waals surface area contributed by atoms with Gasteiger partial charge < -0.3 is 4.74 Å². The number of thioether (sulfide) groups is 1. The molecule has 102 valence electrons. The van der Waals surface area contributed by atoms with E-state index in [9.17, 15) is 5.26 Å². The molecule has 1 saturated heterocycles. The van der Waals surface area contributed by atoms with E-state index in [4.69, 9.17) is 4.74 Å². The van der Waals surface area contributed by atoms with Gasteiger partial charge in [0, 0.05) is 24.5 Å². The molecule has 1 aliphatic carbocycles. The van der Waals surface area contributed by atoms with Gasteiger partial charge in [0.15, 0.2) is 0 Å². The Bertz CT molecular complexity index is 295. The second kappa shape index (κ2) is 6.79. The average molecular weight is 268 g/mol. The monoisotopic (exact) mass is 268 g/mol. The summed E-state index contributed by atoms with van der Waals surface area (Å²) in [5.74, 6) is 1.17. The molecular formula is C14H24N2OS. The lowest BCUT2D eigenvalue weighted by Gasteiger charge is -2.24. The highest BCUT2D eigenvalue weighted by atomic mass is 32.2. The molecule has 4 heteroatoms. The van der Waals surface area contributed by atoms with Crippen molar-refractivity contribution in [3.63, 3.8) is 0 Å². The molecule has 0 amide bonds. The topological polar surface area (TPSA) is 45.0 Å². The van der Waals surface area contributed by atoms with Crippen LogP contribution in [0.2, 0.25) is 0 Å². The second-order valence-corrected chi connectivity index (χ2v) is 7.06. The van der Waals surface area contributed by atoms with Crippen molar-refractivity contribution in [3.8, 4) is 6.07 Å². The van der Waals surface area contributed by atoms with Gasteiger partial charge in [-0.05, 0) is 51.2 Å². The van der Waals surface area contributed by atoms with Gasteiger partial charge in [0.25, 0.3) is 0 Å². The van der Waals surface area contributed by atoms with Gasteiger partial charge in [0.1, 0.15) is 5.54 Å². The molecule has 1 aliphatic heterocycles. The van der Waals surface area contributed by atoms with E-state index >= 15 is 0 Å². The zero-order valence-electron chi connectivity index (χ0n) is 11.3. The standard InChI is InChI=1S/C14H24N2OS/c1-14(11-15,16-12-3-4-12)7-2-10-18-13-5-8-17-9-6-13/h12-13,16H,2-10H2,1H3. The Morgan fingerprint density at radius 1 is 1.33 bits per heavy atom. The number of nitrogens with zero attached hydrogens (tertiary/aromatic N) is 1. The van der Waals surface area contributed by atoms with Gasteiger partial charge in [0.2, 0.25) is 0 Å². The molecule has 2 rings (SSSR count). The van der Waals surface area contributed by atoms with E-state index in [1.54, 1.807) is 0 Å². The fourth-order valence-electron chi connectivity index (χ4n) is 2.36.